The van der Waals surface area contributed by atoms with E-state index in [1.54, 1.807) is 0 Å². The van der Waals surface area contributed by atoms with E-state index in [4.69, 9.17) is 5.73 Å². The van der Waals surface area contributed by atoms with E-state index in [0.29, 0.717) is 5.92 Å². The maximum atomic E-state index is 6.03. The molecule has 2 fully saturated rings. The standard InChI is InChI=1S/C18H29N3/c1-15-7-8-16(14-19)18(13-15)21-11-9-20(10-12-21)17-5-3-2-4-6-17/h2-6,15-16,18H,7-14,19H2,1H3. The van der Waals surface area contributed by atoms with Gasteiger partial charge in [0.2, 0.25) is 0 Å². The van der Waals surface area contributed by atoms with Crippen molar-refractivity contribution in [3.8, 4) is 0 Å². The minimum absolute atomic E-state index is 0.712. The van der Waals surface area contributed by atoms with Crippen molar-refractivity contribution >= 4 is 5.69 Å². The number of hydrogen-bond acceptors (Lipinski definition) is 3. The van der Waals surface area contributed by atoms with Gasteiger partial charge in [-0.3, -0.25) is 4.90 Å². The number of rotatable bonds is 3. The third kappa shape index (κ3) is 3.41. The molecule has 1 aromatic rings. The topological polar surface area (TPSA) is 32.5 Å². The maximum Gasteiger partial charge on any atom is 0.0367 e. The molecule has 3 atom stereocenters. The van der Waals surface area contributed by atoms with Gasteiger partial charge in [-0.2, -0.15) is 0 Å². The molecule has 3 rings (SSSR count). The van der Waals surface area contributed by atoms with Crippen molar-refractivity contribution in [3.63, 3.8) is 0 Å². The lowest BCUT2D eigenvalue weighted by molar-refractivity contribution is 0.0809. The summed E-state index contributed by atoms with van der Waals surface area (Å²) in [4.78, 5) is 5.23. The van der Waals surface area contributed by atoms with Crippen molar-refractivity contribution in [3.05, 3.63) is 30.3 Å². The highest BCUT2D eigenvalue weighted by molar-refractivity contribution is 5.46. The van der Waals surface area contributed by atoms with Crippen molar-refractivity contribution < 1.29 is 0 Å². The first-order valence-corrected chi connectivity index (χ1v) is 8.52. The van der Waals surface area contributed by atoms with Crippen LogP contribution in [-0.2, 0) is 0 Å². The SMILES string of the molecule is CC1CCC(CN)C(N2CCN(c3ccccc3)CC2)C1. The normalized spacial score (nSPS) is 31.3. The highest BCUT2D eigenvalue weighted by Crippen LogP contribution is 2.32. The molecule has 3 nitrogen and oxygen atoms in total. The first-order valence-electron chi connectivity index (χ1n) is 8.52. The molecule has 0 aromatic heterocycles. The fraction of sp³-hybridized carbons (Fsp3) is 0.667. The van der Waals surface area contributed by atoms with Crippen LogP contribution in [0, 0.1) is 11.8 Å². The molecule has 0 bridgehead atoms. The largest absolute Gasteiger partial charge is 0.369 e. The van der Waals surface area contributed by atoms with E-state index < -0.39 is 0 Å². The monoisotopic (exact) mass is 287 g/mol. The first-order chi connectivity index (χ1) is 10.3. The fourth-order valence-corrected chi connectivity index (χ4v) is 4.09. The zero-order chi connectivity index (χ0) is 14.7. The molecule has 1 aromatic carbocycles. The van der Waals surface area contributed by atoms with E-state index in [-0.39, 0.29) is 0 Å². The number of nitrogens with two attached hydrogens (primary N) is 1. The van der Waals surface area contributed by atoms with E-state index in [1.165, 1.54) is 38.0 Å². The van der Waals surface area contributed by atoms with Crippen LogP contribution >= 0.6 is 0 Å². The summed E-state index contributed by atoms with van der Waals surface area (Å²) in [6.07, 6.45) is 4.02. The van der Waals surface area contributed by atoms with E-state index in [1.807, 2.05) is 0 Å². The molecule has 0 spiro atoms. The summed E-state index contributed by atoms with van der Waals surface area (Å²) in [5, 5.41) is 0. The third-order valence-corrected chi connectivity index (χ3v) is 5.43. The lowest BCUT2D eigenvalue weighted by atomic mass is 9.78. The van der Waals surface area contributed by atoms with Crippen LogP contribution in [0.5, 0.6) is 0 Å². The molecule has 2 aliphatic rings. The molecule has 0 amide bonds. The van der Waals surface area contributed by atoms with Crippen molar-refractivity contribution in [2.24, 2.45) is 17.6 Å². The Morgan fingerprint density at radius 3 is 2.43 bits per heavy atom. The Hall–Kier alpha value is -1.06. The van der Waals surface area contributed by atoms with Crippen molar-refractivity contribution in [1.82, 2.24) is 4.90 Å². The smallest absolute Gasteiger partial charge is 0.0367 e. The Balaban J connectivity index is 1.59. The van der Waals surface area contributed by atoms with Crippen molar-refractivity contribution in [1.29, 1.82) is 0 Å². The van der Waals surface area contributed by atoms with Crippen LogP contribution in [0.25, 0.3) is 0 Å². The van der Waals surface area contributed by atoms with Crippen LogP contribution in [-0.4, -0.2) is 43.7 Å². The molecular weight excluding hydrogens is 258 g/mol. The molecule has 1 aliphatic carbocycles. The highest BCUT2D eigenvalue weighted by atomic mass is 15.3. The zero-order valence-electron chi connectivity index (χ0n) is 13.2. The summed E-state index contributed by atoms with van der Waals surface area (Å²) in [5.41, 5.74) is 7.39. The van der Waals surface area contributed by atoms with Gasteiger partial charge in [-0.15, -0.1) is 0 Å². The first kappa shape index (κ1) is 14.9. The average Bonchev–Trinajstić information content (AvgIpc) is 2.56. The van der Waals surface area contributed by atoms with Crippen LogP contribution in [0.15, 0.2) is 30.3 Å². The van der Waals surface area contributed by atoms with E-state index >= 15 is 0 Å². The number of hydrogen-bond donors (Lipinski definition) is 1. The molecule has 21 heavy (non-hydrogen) atoms. The van der Waals surface area contributed by atoms with Crippen LogP contribution in [0.2, 0.25) is 0 Å². The third-order valence-electron chi connectivity index (χ3n) is 5.43. The second-order valence-corrected chi connectivity index (χ2v) is 6.84. The van der Waals surface area contributed by atoms with E-state index in [9.17, 15) is 0 Å². The van der Waals surface area contributed by atoms with Crippen molar-refractivity contribution in [2.45, 2.75) is 32.2 Å². The highest BCUT2D eigenvalue weighted by Gasteiger charge is 2.33. The molecule has 1 heterocycles. The van der Waals surface area contributed by atoms with Gasteiger partial charge in [0.15, 0.2) is 0 Å². The van der Waals surface area contributed by atoms with Gasteiger partial charge in [-0.1, -0.05) is 31.5 Å². The Labute approximate surface area is 129 Å². The molecule has 1 saturated carbocycles. The summed E-state index contributed by atoms with van der Waals surface area (Å²) in [5.74, 6) is 1.58. The Morgan fingerprint density at radius 2 is 1.76 bits per heavy atom. The van der Waals surface area contributed by atoms with Crippen molar-refractivity contribution in [2.75, 3.05) is 37.6 Å². The molecule has 1 aliphatic heterocycles. The molecule has 2 N–H and O–H groups in total. The van der Waals surface area contributed by atoms with Gasteiger partial charge in [-0.25, -0.2) is 0 Å². The number of benzene rings is 1. The number of para-hydroxylation sites is 1. The Morgan fingerprint density at radius 1 is 1.05 bits per heavy atom. The lowest BCUT2D eigenvalue weighted by Gasteiger charge is -2.46. The van der Waals surface area contributed by atoms with Gasteiger partial charge in [-0.05, 0) is 43.4 Å². The quantitative estimate of drug-likeness (QED) is 0.927. The second kappa shape index (κ2) is 6.80. The van der Waals surface area contributed by atoms with Gasteiger partial charge in [0.25, 0.3) is 0 Å². The molecule has 3 unspecified atom stereocenters. The predicted molar refractivity (Wildman–Crippen MR) is 89.6 cm³/mol. The van der Waals surface area contributed by atoms with Crippen LogP contribution < -0.4 is 10.6 Å². The molecule has 1 saturated heterocycles. The second-order valence-electron chi connectivity index (χ2n) is 6.84. The Bertz CT molecular complexity index is 425. The summed E-state index contributed by atoms with van der Waals surface area (Å²) in [6, 6.07) is 11.5. The number of anilines is 1. The molecule has 0 radical (unpaired) electrons. The van der Waals surface area contributed by atoms with Gasteiger partial charge in [0.05, 0.1) is 0 Å². The number of piperazine rings is 1. The van der Waals surface area contributed by atoms with Crippen LogP contribution in [0.4, 0.5) is 5.69 Å². The average molecular weight is 287 g/mol. The number of nitrogens with zero attached hydrogens (tertiary/aromatic N) is 2. The van der Waals surface area contributed by atoms with Gasteiger partial charge < -0.3 is 10.6 Å². The minimum Gasteiger partial charge on any atom is -0.369 e. The summed E-state index contributed by atoms with van der Waals surface area (Å²) in [6.45, 7) is 7.92. The van der Waals surface area contributed by atoms with E-state index in [2.05, 4.69) is 47.1 Å². The van der Waals surface area contributed by atoms with Crippen LogP contribution in [0.1, 0.15) is 26.2 Å². The molecule has 3 heteroatoms. The fourth-order valence-electron chi connectivity index (χ4n) is 4.09. The van der Waals surface area contributed by atoms with Gasteiger partial charge >= 0.3 is 0 Å². The minimum atomic E-state index is 0.712. The van der Waals surface area contributed by atoms with Gasteiger partial charge in [0.1, 0.15) is 0 Å². The summed E-state index contributed by atoms with van der Waals surface area (Å²) in [7, 11) is 0. The van der Waals surface area contributed by atoms with E-state index in [0.717, 1.165) is 31.6 Å². The molecular formula is C18H29N3. The lowest BCUT2D eigenvalue weighted by Crippen LogP contribution is -2.54. The summed E-state index contributed by atoms with van der Waals surface area (Å²) < 4.78 is 0. The zero-order valence-corrected chi connectivity index (χ0v) is 13.2. The van der Waals surface area contributed by atoms with Gasteiger partial charge in [0, 0.05) is 37.9 Å². The van der Waals surface area contributed by atoms with Crippen LogP contribution in [0.3, 0.4) is 0 Å². The summed E-state index contributed by atoms with van der Waals surface area (Å²) >= 11 is 0. The maximum absolute atomic E-state index is 6.03. The Kier molecular flexibility index (Phi) is 4.81. The molecule has 116 valence electrons. The predicted octanol–water partition coefficient (Wildman–Crippen LogP) is 2.57.